The van der Waals surface area contributed by atoms with Crippen LogP contribution in [-0.4, -0.2) is 43.5 Å². The van der Waals surface area contributed by atoms with Gasteiger partial charge in [-0.05, 0) is 5.56 Å². The van der Waals surface area contributed by atoms with Crippen LogP contribution < -0.4 is 5.32 Å². The minimum absolute atomic E-state index is 0.00336. The molecule has 1 saturated heterocycles. The lowest BCUT2D eigenvalue weighted by Crippen LogP contribution is -2.53. The molecule has 18 heavy (non-hydrogen) atoms. The molecule has 0 radical (unpaired) electrons. The van der Waals surface area contributed by atoms with E-state index in [1.54, 1.807) is 4.90 Å². The molecule has 2 rings (SSSR count). The molecule has 1 aromatic carbocycles. The van der Waals surface area contributed by atoms with E-state index >= 15 is 0 Å². The first kappa shape index (κ1) is 12.6. The van der Waals surface area contributed by atoms with Crippen LogP contribution in [0.25, 0.3) is 0 Å². The van der Waals surface area contributed by atoms with Gasteiger partial charge in [-0.25, -0.2) is 0 Å². The Bertz CT molecular complexity index is 433. The topological polar surface area (TPSA) is 58.6 Å². The Labute approximate surface area is 106 Å². The van der Waals surface area contributed by atoms with E-state index in [2.05, 4.69) is 5.32 Å². The van der Waals surface area contributed by atoms with Crippen LogP contribution in [0.1, 0.15) is 11.6 Å². The second-order valence-corrected chi connectivity index (χ2v) is 4.12. The molecule has 1 aliphatic rings. The van der Waals surface area contributed by atoms with Crippen molar-refractivity contribution in [3.05, 3.63) is 35.9 Å². The minimum Gasteiger partial charge on any atom is -0.375 e. The molecular formula is C13H16N2O3. The van der Waals surface area contributed by atoms with Crippen molar-refractivity contribution in [3.8, 4) is 0 Å². The molecule has 96 valence electrons. The molecule has 0 aliphatic carbocycles. The average molecular weight is 248 g/mol. The Morgan fingerprint density at radius 1 is 1.44 bits per heavy atom. The summed E-state index contributed by atoms with van der Waals surface area (Å²) in [5.41, 5.74) is 0.819. The first-order valence-electron chi connectivity index (χ1n) is 5.85. The monoisotopic (exact) mass is 248 g/mol. The summed E-state index contributed by atoms with van der Waals surface area (Å²) in [6, 6.07) is 8.74. The molecule has 0 bridgehead atoms. The molecule has 5 heteroatoms. The first-order chi connectivity index (χ1) is 8.74. The SMILES string of the molecule is COCC(=O)N1CCNC(=O)C1c1ccccc1. The van der Waals surface area contributed by atoms with Crippen LogP contribution in [0, 0.1) is 0 Å². The second kappa shape index (κ2) is 5.64. The minimum atomic E-state index is -0.553. The summed E-state index contributed by atoms with van der Waals surface area (Å²) in [7, 11) is 1.47. The van der Waals surface area contributed by atoms with Crippen molar-refractivity contribution >= 4 is 11.8 Å². The van der Waals surface area contributed by atoms with Crippen LogP contribution in [0.4, 0.5) is 0 Å². The summed E-state index contributed by atoms with van der Waals surface area (Å²) in [5.74, 6) is -0.307. The van der Waals surface area contributed by atoms with Crippen molar-refractivity contribution in [1.82, 2.24) is 10.2 Å². The molecule has 1 aliphatic heterocycles. The van der Waals surface area contributed by atoms with E-state index in [1.165, 1.54) is 7.11 Å². The van der Waals surface area contributed by atoms with Gasteiger partial charge in [0.05, 0.1) is 0 Å². The van der Waals surface area contributed by atoms with Crippen LogP contribution >= 0.6 is 0 Å². The van der Waals surface area contributed by atoms with Crippen LogP contribution in [0.5, 0.6) is 0 Å². The van der Waals surface area contributed by atoms with Crippen molar-refractivity contribution < 1.29 is 14.3 Å². The van der Waals surface area contributed by atoms with E-state index in [9.17, 15) is 9.59 Å². The van der Waals surface area contributed by atoms with Gasteiger partial charge in [-0.1, -0.05) is 30.3 Å². The van der Waals surface area contributed by atoms with Gasteiger partial charge in [-0.3, -0.25) is 9.59 Å². The third-order valence-corrected chi connectivity index (χ3v) is 2.92. The molecule has 0 saturated carbocycles. The van der Waals surface area contributed by atoms with Gasteiger partial charge < -0.3 is 15.0 Å². The van der Waals surface area contributed by atoms with Gasteiger partial charge in [0.1, 0.15) is 12.6 Å². The number of carbonyl (C=O) groups is 2. The molecule has 0 spiro atoms. The van der Waals surface area contributed by atoms with E-state index in [1.807, 2.05) is 30.3 Å². The maximum absolute atomic E-state index is 12.0. The fourth-order valence-corrected chi connectivity index (χ4v) is 2.11. The zero-order valence-corrected chi connectivity index (χ0v) is 10.3. The number of benzene rings is 1. The van der Waals surface area contributed by atoms with Gasteiger partial charge in [0, 0.05) is 20.2 Å². The number of nitrogens with one attached hydrogen (secondary N) is 1. The van der Waals surface area contributed by atoms with Gasteiger partial charge in [0.15, 0.2) is 0 Å². The lowest BCUT2D eigenvalue weighted by atomic mass is 10.0. The standard InChI is InChI=1S/C13H16N2O3/c1-18-9-11(16)15-8-7-14-13(17)12(15)10-5-3-2-4-6-10/h2-6,12H,7-9H2,1H3,(H,14,17). The Kier molecular flexibility index (Phi) is 3.94. The molecule has 1 heterocycles. The van der Waals surface area contributed by atoms with Gasteiger partial charge in [-0.2, -0.15) is 0 Å². The Morgan fingerprint density at radius 3 is 2.83 bits per heavy atom. The van der Waals surface area contributed by atoms with E-state index in [-0.39, 0.29) is 18.4 Å². The summed E-state index contributed by atoms with van der Waals surface area (Å²) in [6.45, 7) is 0.988. The lowest BCUT2D eigenvalue weighted by molar-refractivity contribution is -0.146. The summed E-state index contributed by atoms with van der Waals surface area (Å²) in [5, 5.41) is 2.78. The Balaban J connectivity index is 2.26. The van der Waals surface area contributed by atoms with Gasteiger partial charge in [0.25, 0.3) is 0 Å². The highest BCUT2D eigenvalue weighted by atomic mass is 16.5. The number of piperazine rings is 1. The van der Waals surface area contributed by atoms with Crippen LogP contribution in [0.2, 0.25) is 0 Å². The number of hydrogen-bond donors (Lipinski definition) is 1. The molecule has 1 atom stereocenters. The van der Waals surface area contributed by atoms with Crippen molar-refractivity contribution in [3.63, 3.8) is 0 Å². The molecular weight excluding hydrogens is 232 g/mol. The molecule has 1 unspecified atom stereocenters. The lowest BCUT2D eigenvalue weighted by Gasteiger charge is -2.35. The number of nitrogens with zero attached hydrogens (tertiary/aromatic N) is 1. The highest BCUT2D eigenvalue weighted by Gasteiger charge is 2.33. The van der Waals surface area contributed by atoms with Crippen molar-refractivity contribution in [2.24, 2.45) is 0 Å². The highest BCUT2D eigenvalue weighted by molar-refractivity contribution is 5.90. The molecule has 0 aromatic heterocycles. The van der Waals surface area contributed by atoms with E-state index < -0.39 is 6.04 Å². The summed E-state index contributed by atoms with van der Waals surface area (Å²) in [6.07, 6.45) is 0. The van der Waals surface area contributed by atoms with Gasteiger partial charge in [0.2, 0.25) is 11.8 Å². The number of methoxy groups -OCH3 is 1. The molecule has 2 amide bonds. The molecule has 1 N–H and O–H groups in total. The highest BCUT2D eigenvalue weighted by Crippen LogP contribution is 2.23. The van der Waals surface area contributed by atoms with Gasteiger partial charge >= 0.3 is 0 Å². The summed E-state index contributed by atoms with van der Waals surface area (Å²) in [4.78, 5) is 25.5. The maximum atomic E-state index is 12.0. The number of hydrogen-bond acceptors (Lipinski definition) is 3. The van der Waals surface area contributed by atoms with Crippen LogP contribution in [0.15, 0.2) is 30.3 Å². The van der Waals surface area contributed by atoms with Crippen molar-refractivity contribution in [1.29, 1.82) is 0 Å². The predicted molar refractivity (Wildman–Crippen MR) is 65.8 cm³/mol. The predicted octanol–water partition coefficient (Wildman–Crippen LogP) is 0.333. The number of amides is 2. The van der Waals surface area contributed by atoms with Crippen LogP contribution in [-0.2, 0) is 14.3 Å². The average Bonchev–Trinajstić information content (AvgIpc) is 2.39. The largest absolute Gasteiger partial charge is 0.375 e. The van der Waals surface area contributed by atoms with Gasteiger partial charge in [-0.15, -0.1) is 0 Å². The third kappa shape index (κ3) is 2.51. The number of carbonyl (C=O) groups excluding carboxylic acids is 2. The summed E-state index contributed by atoms with van der Waals surface area (Å²) >= 11 is 0. The van der Waals surface area contributed by atoms with E-state index in [0.717, 1.165) is 5.56 Å². The molecule has 1 aromatic rings. The number of rotatable bonds is 3. The third-order valence-electron chi connectivity index (χ3n) is 2.92. The quantitative estimate of drug-likeness (QED) is 0.838. The molecule has 1 fully saturated rings. The van der Waals surface area contributed by atoms with E-state index in [0.29, 0.717) is 13.1 Å². The Morgan fingerprint density at radius 2 is 2.17 bits per heavy atom. The fraction of sp³-hybridized carbons (Fsp3) is 0.385. The van der Waals surface area contributed by atoms with E-state index in [4.69, 9.17) is 4.74 Å². The second-order valence-electron chi connectivity index (χ2n) is 4.12. The normalized spacial score (nSPS) is 19.5. The molecule has 5 nitrogen and oxygen atoms in total. The zero-order chi connectivity index (χ0) is 13.0. The Hall–Kier alpha value is -1.88. The maximum Gasteiger partial charge on any atom is 0.249 e. The van der Waals surface area contributed by atoms with Crippen molar-refractivity contribution in [2.45, 2.75) is 6.04 Å². The first-order valence-corrected chi connectivity index (χ1v) is 5.85. The van der Waals surface area contributed by atoms with Crippen LogP contribution in [0.3, 0.4) is 0 Å². The number of ether oxygens (including phenoxy) is 1. The fourth-order valence-electron chi connectivity index (χ4n) is 2.11. The zero-order valence-electron chi connectivity index (χ0n) is 10.3. The van der Waals surface area contributed by atoms with Crippen molar-refractivity contribution in [2.75, 3.05) is 26.8 Å². The summed E-state index contributed by atoms with van der Waals surface area (Å²) < 4.78 is 4.85. The smallest absolute Gasteiger partial charge is 0.249 e.